The zero-order valence-corrected chi connectivity index (χ0v) is 41.3. The highest BCUT2D eigenvalue weighted by atomic mass is 15.1. The summed E-state index contributed by atoms with van der Waals surface area (Å²) in [4.78, 5) is 2.49. The average molecular weight is 955 g/mol. The molecule has 2 heteroatoms. The van der Waals surface area contributed by atoms with E-state index >= 15 is 0 Å². The molecule has 12 aromatic carbocycles. The number of nitrogens with zero attached hydrogens (tertiary/aromatic N) is 2. The van der Waals surface area contributed by atoms with E-state index < -0.39 is 5.41 Å². The van der Waals surface area contributed by atoms with Crippen molar-refractivity contribution in [3.05, 3.63) is 326 Å². The van der Waals surface area contributed by atoms with Crippen LogP contribution in [0.15, 0.2) is 303 Å². The van der Waals surface area contributed by atoms with E-state index in [0.29, 0.717) is 0 Å². The Morgan fingerprint density at radius 1 is 0.267 bits per heavy atom. The monoisotopic (exact) mass is 954 g/mol. The molecular formula is C73H50N2. The molecule has 0 N–H and O–H groups in total. The number of anilines is 3. The normalized spacial score (nSPS) is 12.4. The van der Waals surface area contributed by atoms with Crippen LogP contribution in [0.5, 0.6) is 0 Å². The average Bonchev–Trinajstić information content (AvgIpc) is 4.00. The summed E-state index contributed by atoms with van der Waals surface area (Å²) in [5.74, 6) is 0. The lowest BCUT2D eigenvalue weighted by atomic mass is 9.67. The number of para-hydroxylation sites is 2. The Hall–Kier alpha value is -9.76. The molecule has 14 rings (SSSR count). The summed E-state index contributed by atoms with van der Waals surface area (Å²) < 4.78 is 2.39. The minimum Gasteiger partial charge on any atom is -0.310 e. The zero-order valence-electron chi connectivity index (χ0n) is 41.3. The lowest BCUT2D eigenvalue weighted by Crippen LogP contribution is -2.28. The van der Waals surface area contributed by atoms with Gasteiger partial charge in [-0.3, -0.25) is 0 Å². The molecule has 352 valence electrons. The number of benzene rings is 12. The zero-order chi connectivity index (χ0) is 49.7. The van der Waals surface area contributed by atoms with Crippen molar-refractivity contribution < 1.29 is 0 Å². The standard InChI is InChI=1S/C73H50N2/c1-6-20-51(21-7-1)53-38-42-61(43-39-53)74(62-44-47-65-64-30-16-18-32-68(64)73(69(65)50-62,58-24-10-3-11-25-58)59-26-12-4-13-27-59)71-48-56(52-22-8-2-9-23-52)40-45-63(71)55-36-34-54(35-37-55)57-41-46-67-66-31-17-19-33-70(66)75(72(67)49-57)60-28-14-5-15-29-60/h1-50H. The first-order valence-electron chi connectivity index (χ1n) is 25.9. The third-order valence-corrected chi connectivity index (χ3v) is 15.5. The van der Waals surface area contributed by atoms with Gasteiger partial charge in [-0.15, -0.1) is 0 Å². The van der Waals surface area contributed by atoms with Gasteiger partial charge in [-0.1, -0.05) is 249 Å². The summed E-state index contributed by atoms with van der Waals surface area (Å²) in [5.41, 5.74) is 23.1. The van der Waals surface area contributed by atoms with Crippen LogP contribution in [0.1, 0.15) is 22.3 Å². The molecule has 0 bridgehead atoms. The van der Waals surface area contributed by atoms with Gasteiger partial charge in [0.25, 0.3) is 0 Å². The third-order valence-electron chi connectivity index (χ3n) is 15.5. The summed E-state index contributed by atoms with van der Waals surface area (Å²) in [5, 5.41) is 2.50. The van der Waals surface area contributed by atoms with Crippen molar-refractivity contribution in [3.63, 3.8) is 0 Å². The van der Waals surface area contributed by atoms with Crippen LogP contribution in [-0.2, 0) is 5.41 Å². The van der Waals surface area contributed by atoms with Gasteiger partial charge < -0.3 is 9.47 Å². The molecule has 0 aliphatic heterocycles. The van der Waals surface area contributed by atoms with Crippen molar-refractivity contribution in [3.8, 4) is 61.3 Å². The van der Waals surface area contributed by atoms with Crippen LogP contribution in [-0.4, -0.2) is 4.57 Å². The Kier molecular flexibility index (Phi) is 10.8. The van der Waals surface area contributed by atoms with Crippen LogP contribution in [0.4, 0.5) is 17.1 Å². The predicted octanol–water partition coefficient (Wildman–Crippen LogP) is 19.3. The maximum atomic E-state index is 2.49. The van der Waals surface area contributed by atoms with Crippen molar-refractivity contribution in [2.24, 2.45) is 0 Å². The van der Waals surface area contributed by atoms with Gasteiger partial charge in [0.05, 0.1) is 22.1 Å². The molecule has 0 spiro atoms. The fraction of sp³-hybridized carbons (Fsp3) is 0.0137. The van der Waals surface area contributed by atoms with Crippen LogP contribution >= 0.6 is 0 Å². The van der Waals surface area contributed by atoms with Gasteiger partial charge in [-0.25, -0.2) is 0 Å². The van der Waals surface area contributed by atoms with Gasteiger partial charge in [0.2, 0.25) is 0 Å². The van der Waals surface area contributed by atoms with Crippen molar-refractivity contribution in [1.82, 2.24) is 4.57 Å². The third kappa shape index (κ3) is 7.41. The lowest BCUT2D eigenvalue weighted by molar-refractivity contribution is 0.768. The van der Waals surface area contributed by atoms with E-state index in [0.717, 1.165) is 45.0 Å². The number of hydrogen-bond acceptors (Lipinski definition) is 1. The van der Waals surface area contributed by atoms with Crippen LogP contribution < -0.4 is 4.90 Å². The smallest absolute Gasteiger partial charge is 0.0714 e. The van der Waals surface area contributed by atoms with Gasteiger partial charge in [0.1, 0.15) is 0 Å². The van der Waals surface area contributed by atoms with Crippen molar-refractivity contribution in [2.45, 2.75) is 5.41 Å². The summed E-state index contributed by atoms with van der Waals surface area (Å²) in [6.07, 6.45) is 0. The molecule has 1 aromatic heterocycles. The van der Waals surface area contributed by atoms with Crippen LogP contribution in [0.3, 0.4) is 0 Å². The molecule has 0 fully saturated rings. The van der Waals surface area contributed by atoms with Crippen LogP contribution in [0, 0.1) is 0 Å². The molecule has 0 unspecified atom stereocenters. The van der Waals surface area contributed by atoms with Gasteiger partial charge >= 0.3 is 0 Å². The van der Waals surface area contributed by atoms with Crippen molar-refractivity contribution in [1.29, 1.82) is 0 Å². The first-order chi connectivity index (χ1) is 37.2. The largest absolute Gasteiger partial charge is 0.310 e. The number of fused-ring (bicyclic) bond motifs is 6. The van der Waals surface area contributed by atoms with Crippen LogP contribution in [0.2, 0.25) is 0 Å². The molecule has 0 saturated carbocycles. The lowest BCUT2D eigenvalue weighted by Gasteiger charge is -2.35. The molecule has 0 atom stereocenters. The second-order valence-corrected chi connectivity index (χ2v) is 19.6. The van der Waals surface area contributed by atoms with E-state index in [2.05, 4.69) is 313 Å². The first-order valence-corrected chi connectivity index (χ1v) is 25.9. The maximum Gasteiger partial charge on any atom is 0.0714 e. The molecule has 2 nitrogen and oxygen atoms in total. The SMILES string of the molecule is c1ccc(-c2ccc(N(c3ccc4c(c3)C(c3ccccc3)(c3ccccc3)c3ccccc3-4)c3cc(-c4ccccc4)ccc3-c3ccc(-c4ccc5c6ccccc6n(-c6ccccc6)c5c4)cc3)cc2)cc1. The molecule has 1 aliphatic rings. The fourth-order valence-electron chi connectivity index (χ4n) is 12.1. The van der Waals surface area contributed by atoms with E-state index in [9.17, 15) is 0 Å². The number of hydrogen-bond donors (Lipinski definition) is 0. The second-order valence-electron chi connectivity index (χ2n) is 19.6. The van der Waals surface area contributed by atoms with E-state index in [1.165, 1.54) is 77.4 Å². The minimum atomic E-state index is -0.559. The summed E-state index contributed by atoms with van der Waals surface area (Å²) in [6, 6.07) is 111. The van der Waals surface area contributed by atoms with E-state index in [-0.39, 0.29) is 0 Å². The van der Waals surface area contributed by atoms with E-state index in [4.69, 9.17) is 0 Å². The summed E-state index contributed by atoms with van der Waals surface area (Å²) in [6.45, 7) is 0. The quantitative estimate of drug-likeness (QED) is 0.133. The van der Waals surface area contributed by atoms with Gasteiger partial charge in [0, 0.05) is 33.4 Å². The van der Waals surface area contributed by atoms with E-state index in [1.807, 2.05) is 0 Å². The highest BCUT2D eigenvalue weighted by molar-refractivity contribution is 6.10. The summed E-state index contributed by atoms with van der Waals surface area (Å²) in [7, 11) is 0. The molecule has 1 aliphatic carbocycles. The highest BCUT2D eigenvalue weighted by Crippen LogP contribution is 2.57. The Morgan fingerprint density at radius 3 is 1.41 bits per heavy atom. The van der Waals surface area contributed by atoms with Gasteiger partial charge in [0.15, 0.2) is 0 Å². The fourth-order valence-corrected chi connectivity index (χ4v) is 12.1. The second kappa shape index (κ2) is 18.4. The van der Waals surface area contributed by atoms with Gasteiger partial charge in [-0.05, 0) is 127 Å². The molecular weight excluding hydrogens is 905 g/mol. The van der Waals surface area contributed by atoms with Crippen molar-refractivity contribution >= 4 is 38.9 Å². The predicted molar refractivity (Wildman–Crippen MR) is 315 cm³/mol. The highest BCUT2D eigenvalue weighted by Gasteiger charge is 2.46. The molecule has 0 amide bonds. The molecule has 0 radical (unpaired) electrons. The van der Waals surface area contributed by atoms with Crippen molar-refractivity contribution in [2.75, 3.05) is 4.90 Å². The maximum absolute atomic E-state index is 2.49. The molecule has 1 heterocycles. The van der Waals surface area contributed by atoms with Gasteiger partial charge in [-0.2, -0.15) is 0 Å². The van der Waals surface area contributed by atoms with E-state index in [1.54, 1.807) is 0 Å². The van der Waals surface area contributed by atoms with Crippen LogP contribution in [0.25, 0.3) is 83.1 Å². The number of rotatable bonds is 10. The molecule has 0 saturated heterocycles. The Morgan fingerprint density at radius 2 is 0.720 bits per heavy atom. The Balaban J connectivity index is 0.968. The first kappa shape index (κ1) is 44.0. The minimum absolute atomic E-state index is 0.559. The topological polar surface area (TPSA) is 8.17 Å². The molecule has 75 heavy (non-hydrogen) atoms. The Bertz CT molecular complexity index is 4140. The summed E-state index contributed by atoms with van der Waals surface area (Å²) >= 11 is 0. The Labute approximate surface area is 438 Å². The number of aromatic nitrogens is 1. The molecule has 13 aromatic rings.